The number of aromatic carboxylic acids is 1. The second-order valence-corrected chi connectivity index (χ2v) is 11.7. The van der Waals surface area contributed by atoms with Crippen LogP contribution in [0.4, 0.5) is 0 Å². The molecule has 0 spiro atoms. The summed E-state index contributed by atoms with van der Waals surface area (Å²) >= 11 is 0. The van der Waals surface area contributed by atoms with Crippen LogP contribution in [0.3, 0.4) is 0 Å². The molecule has 6 heteroatoms. The maximum atomic E-state index is 13.3. The number of rotatable bonds is 3. The molecule has 2 saturated heterocycles. The molecule has 1 unspecified atom stereocenters. The van der Waals surface area contributed by atoms with Crippen LogP contribution in [-0.4, -0.2) is 43.7 Å². The van der Waals surface area contributed by atoms with Crippen LogP contribution in [0, 0.1) is 23.7 Å². The number of carboxylic acids is 1. The van der Waals surface area contributed by atoms with Crippen molar-refractivity contribution in [2.75, 3.05) is 0 Å². The molecular weight excluding hydrogens is 414 g/mol. The van der Waals surface area contributed by atoms with Crippen molar-refractivity contribution in [3.8, 4) is 0 Å². The highest BCUT2D eigenvalue weighted by Gasteiger charge is 2.54. The molecule has 6 aliphatic rings. The smallest absolute Gasteiger partial charge is 0.360 e. The average Bonchev–Trinajstić information content (AvgIpc) is 2.77. The molecule has 0 radical (unpaired) electrons. The van der Waals surface area contributed by atoms with Crippen molar-refractivity contribution in [3.05, 3.63) is 40.3 Å². The Morgan fingerprint density at radius 3 is 2.15 bits per heavy atom. The third-order valence-corrected chi connectivity index (χ3v) is 9.89. The van der Waals surface area contributed by atoms with Crippen LogP contribution < -0.4 is 5.56 Å². The van der Waals surface area contributed by atoms with Crippen molar-refractivity contribution in [1.82, 2.24) is 14.5 Å². The Balaban J connectivity index is 1.26. The molecule has 3 atom stereocenters. The first-order valence-electron chi connectivity index (χ1n) is 13.1. The fourth-order valence-electron chi connectivity index (χ4n) is 9.13. The van der Waals surface area contributed by atoms with E-state index in [0.29, 0.717) is 17.6 Å². The fourth-order valence-corrected chi connectivity index (χ4v) is 9.13. The van der Waals surface area contributed by atoms with Gasteiger partial charge in [0.15, 0.2) is 0 Å². The number of fused-ring (bicyclic) bond motifs is 4. The summed E-state index contributed by atoms with van der Waals surface area (Å²) in [4.78, 5) is 32.3. The molecule has 4 saturated carbocycles. The third-order valence-electron chi connectivity index (χ3n) is 9.89. The van der Waals surface area contributed by atoms with Crippen molar-refractivity contribution in [1.29, 1.82) is 0 Å². The second kappa shape index (κ2) is 7.39. The summed E-state index contributed by atoms with van der Waals surface area (Å²) in [7, 11) is 0. The fraction of sp³-hybridized carbons (Fsp3) is 0.667. The van der Waals surface area contributed by atoms with Gasteiger partial charge in [0.2, 0.25) is 5.69 Å². The lowest BCUT2D eigenvalue weighted by atomic mass is 9.53. The SMILES string of the molecule is O=C(O)c1nc2ccccc2n(C2C[C@H]3CCC[C@@H](C2)N3C2C3CC4CC(C3)CC2C4)c1=O. The van der Waals surface area contributed by atoms with Gasteiger partial charge < -0.3 is 9.67 Å². The van der Waals surface area contributed by atoms with Gasteiger partial charge in [-0.3, -0.25) is 9.69 Å². The normalized spacial score (nSPS) is 39.8. The van der Waals surface area contributed by atoms with E-state index in [-0.39, 0.29) is 11.7 Å². The molecular formula is C27H33N3O3. The summed E-state index contributed by atoms with van der Waals surface area (Å²) in [5.74, 6) is 2.49. The van der Waals surface area contributed by atoms with E-state index in [1.165, 1.54) is 51.4 Å². The summed E-state index contributed by atoms with van der Waals surface area (Å²) < 4.78 is 1.80. The summed E-state index contributed by atoms with van der Waals surface area (Å²) in [5, 5.41) is 9.65. The van der Waals surface area contributed by atoms with Crippen molar-refractivity contribution < 1.29 is 9.90 Å². The van der Waals surface area contributed by atoms with Crippen molar-refractivity contribution in [2.24, 2.45) is 23.7 Å². The van der Waals surface area contributed by atoms with E-state index >= 15 is 0 Å². The van der Waals surface area contributed by atoms with E-state index < -0.39 is 11.5 Å². The number of aromatic nitrogens is 2. The summed E-state index contributed by atoms with van der Waals surface area (Å²) in [6.45, 7) is 0. The number of carbonyl (C=O) groups is 1. The van der Waals surface area contributed by atoms with Crippen LogP contribution in [0.15, 0.2) is 29.1 Å². The topological polar surface area (TPSA) is 75.4 Å². The molecule has 33 heavy (non-hydrogen) atoms. The molecule has 6 bridgehead atoms. The van der Waals surface area contributed by atoms with E-state index in [1.54, 1.807) is 4.57 Å². The molecule has 3 heterocycles. The molecule has 1 N–H and O–H groups in total. The Hall–Kier alpha value is -2.21. The number of hydrogen-bond acceptors (Lipinski definition) is 4. The largest absolute Gasteiger partial charge is 0.476 e. The van der Waals surface area contributed by atoms with Crippen molar-refractivity contribution in [3.63, 3.8) is 0 Å². The van der Waals surface area contributed by atoms with Gasteiger partial charge in [0.1, 0.15) is 0 Å². The number of hydrogen-bond donors (Lipinski definition) is 1. The van der Waals surface area contributed by atoms with Crippen molar-refractivity contribution in [2.45, 2.75) is 88.4 Å². The first kappa shape index (κ1) is 20.2. The molecule has 0 amide bonds. The van der Waals surface area contributed by atoms with Crippen LogP contribution in [0.2, 0.25) is 0 Å². The summed E-state index contributed by atoms with van der Waals surface area (Å²) in [6.07, 6.45) is 12.8. The Bertz CT molecular complexity index is 1130. The van der Waals surface area contributed by atoms with E-state index in [2.05, 4.69) is 9.88 Å². The van der Waals surface area contributed by atoms with E-state index in [0.717, 1.165) is 48.1 Å². The van der Waals surface area contributed by atoms with Gasteiger partial charge in [0.25, 0.3) is 5.56 Å². The van der Waals surface area contributed by atoms with E-state index in [9.17, 15) is 14.7 Å². The number of carboxylic acid groups (broad SMARTS) is 1. The predicted octanol–water partition coefficient (Wildman–Crippen LogP) is 4.48. The summed E-state index contributed by atoms with van der Waals surface area (Å²) in [6, 6.07) is 9.35. The predicted molar refractivity (Wildman–Crippen MR) is 125 cm³/mol. The highest BCUT2D eigenvalue weighted by molar-refractivity contribution is 5.88. The molecule has 1 aromatic carbocycles. The first-order valence-corrected chi connectivity index (χ1v) is 13.1. The maximum absolute atomic E-state index is 13.3. The van der Waals surface area contributed by atoms with Crippen LogP contribution in [0.5, 0.6) is 0 Å². The zero-order valence-corrected chi connectivity index (χ0v) is 19.1. The quantitative estimate of drug-likeness (QED) is 0.751. The second-order valence-electron chi connectivity index (χ2n) is 11.7. The minimum absolute atomic E-state index is 0.0480. The van der Waals surface area contributed by atoms with Gasteiger partial charge in [0, 0.05) is 24.2 Å². The van der Waals surface area contributed by atoms with Crippen LogP contribution in [-0.2, 0) is 0 Å². The highest BCUT2D eigenvalue weighted by Crippen LogP contribution is 2.57. The van der Waals surface area contributed by atoms with E-state index in [1.807, 2.05) is 24.3 Å². The Kier molecular flexibility index (Phi) is 4.52. The number of nitrogens with zero attached hydrogens (tertiary/aromatic N) is 3. The standard InChI is InChI=1S/C27H33N3O3/c31-26-24(27(32)33)28-22-6-1-2-7-23(22)30(26)21-13-19-4-3-5-20(14-21)29(19)25-17-9-15-8-16(11-17)12-18(25)10-15/h1-2,6-7,15-21,25H,3-5,8-14H2,(H,32,33)/t15?,16?,17?,18?,19-,20+,21?,25?. The third kappa shape index (κ3) is 3.05. The van der Waals surface area contributed by atoms with Gasteiger partial charge in [0.05, 0.1) is 11.0 Å². The van der Waals surface area contributed by atoms with Crippen molar-refractivity contribution >= 4 is 17.0 Å². The molecule has 174 valence electrons. The molecule has 2 aromatic rings. The lowest BCUT2D eigenvalue weighted by molar-refractivity contribution is -0.122. The first-order chi connectivity index (χ1) is 16.1. The molecule has 4 aliphatic carbocycles. The van der Waals surface area contributed by atoms with Gasteiger partial charge in [-0.05, 0) is 93.6 Å². The Morgan fingerprint density at radius 2 is 1.52 bits per heavy atom. The lowest BCUT2D eigenvalue weighted by Gasteiger charge is -2.62. The molecule has 8 rings (SSSR count). The minimum Gasteiger partial charge on any atom is -0.476 e. The number of para-hydroxylation sites is 2. The van der Waals surface area contributed by atoms with Gasteiger partial charge in [-0.1, -0.05) is 18.6 Å². The van der Waals surface area contributed by atoms with Gasteiger partial charge >= 0.3 is 5.97 Å². The summed E-state index contributed by atoms with van der Waals surface area (Å²) in [5.41, 5.74) is 0.594. The maximum Gasteiger partial charge on any atom is 0.360 e. The monoisotopic (exact) mass is 447 g/mol. The lowest BCUT2D eigenvalue weighted by Crippen LogP contribution is -2.64. The molecule has 1 aromatic heterocycles. The average molecular weight is 448 g/mol. The van der Waals surface area contributed by atoms with Gasteiger partial charge in [-0.2, -0.15) is 0 Å². The molecule has 6 nitrogen and oxygen atoms in total. The molecule has 6 fully saturated rings. The van der Waals surface area contributed by atoms with Gasteiger partial charge in [-0.25, -0.2) is 9.78 Å². The zero-order valence-electron chi connectivity index (χ0n) is 19.1. The van der Waals surface area contributed by atoms with Crippen LogP contribution in [0.1, 0.15) is 80.7 Å². The highest BCUT2D eigenvalue weighted by atomic mass is 16.4. The van der Waals surface area contributed by atoms with Crippen LogP contribution >= 0.6 is 0 Å². The number of piperidine rings is 2. The minimum atomic E-state index is -1.23. The van der Waals surface area contributed by atoms with Crippen LogP contribution in [0.25, 0.3) is 11.0 Å². The Morgan fingerprint density at radius 1 is 0.879 bits per heavy atom. The van der Waals surface area contributed by atoms with Gasteiger partial charge in [-0.15, -0.1) is 0 Å². The number of benzene rings is 1. The molecule has 2 aliphatic heterocycles. The Labute approximate surface area is 194 Å². The zero-order chi connectivity index (χ0) is 22.3. The van der Waals surface area contributed by atoms with E-state index in [4.69, 9.17) is 0 Å².